The summed E-state index contributed by atoms with van der Waals surface area (Å²) in [5, 5.41) is 0. The van der Waals surface area contributed by atoms with Crippen LogP contribution in [0.5, 0.6) is 0 Å². The molecule has 0 radical (unpaired) electrons. The smallest absolute Gasteiger partial charge is 0.306 e. The second-order valence-electron chi connectivity index (χ2n) is 3.66. The van der Waals surface area contributed by atoms with Crippen molar-refractivity contribution in [2.75, 3.05) is 6.61 Å². The average Bonchev–Trinajstić information content (AvgIpc) is 2.19. The number of rotatable bonds is 3. The molecule has 0 unspecified atom stereocenters. The van der Waals surface area contributed by atoms with Crippen LogP contribution >= 0.6 is 0 Å². The number of carbonyl (C=O) groups excluding carboxylic acids is 2. The molecule has 0 aromatic carbocycles. The Kier molecular flexibility index (Phi) is 4.41. The maximum atomic E-state index is 11.2. The van der Waals surface area contributed by atoms with Crippen molar-refractivity contribution in [2.45, 2.75) is 39.0 Å². The topological polar surface area (TPSA) is 43.4 Å². The van der Waals surface area contributed by atoms with Crippen LogP contribution in [0.15, 0.2) is 5.57 Å². The molecule has 0 aromatic rings. The Morgan fingerprint density at radius 3 is 2.64 bits per heavy atom. The standard InChI is InChI=1S/C11H16O3/c1-2-14-11(13)7-9-3-5-10(8-12)6-4-9/h9H,2-7H2,1H3. The van der Waals surface area contributed by atoms with Gasteiger partial charge in [-0.05, 0) is 38.5 Å². The first-order valence-corrected chi connectivity index (χ1v) is 5.14. The van der Waals surface area contributed by atoms with Crippen LogP contribution in [0, 0.1) is 5.92 Å². The van der Waals surface area contributed by atoms with Gasteiger partial charge in [-0.2, -0.15) is 0 Å². The van der Waals surface area contributed by atoms with Crippen LogP contribution in [-0.2, 0) is 14.3 Å². The van der Waals surface area contributed by atoms with Gasteiger partial charge in [0.05, 0.1) is 6.61 Å². The van der Waals surface area contributed by atoms with Gasteiger partial charge in [-0.3, -0.25) is 4.79 Å². The van der Waals surface area contributed by atoms with E-state index in [1.54, 1.807) is 0 Å². The molecule has 0 atom stereocenters. The van der Waals surface area contributed by atoms with Gasteiger partial charge in [0.1, 0.15) is 5.94 Å². The summed E-state index contributed by atoms with van der Waals surface area (Å²) in [5.41, 5.74) is 0.866. The number of hydrogen-bond donors (Lipinski definition) is 0. The van der Waals surface area contributed by atoms with Crippen molar-refractivity contribution in [3.05, 3.63) is 5.57 Å². The first-order chi connectivity index (χ1) is 6.76. The van der Waals surface area contributed by atoms with Crippen LogP contribution in [0.2, 0.25) is 0 Å². The lowest BCUT2D eigenvalue weighted by molar-refractivity contribution is -0.144. The molecule has 0 amide bonds. The van der Waals surface area contributed by atoms with Crippen LogP contribution in [0.1, 0.15) is 39.0 Å². The Labute approximate surface area is 84.1 Å². The highest BCUT2D eigenvalue weighted by Crippen LogP contribution is 2.28. The van der Waals surface area contributed by atoms with Gasteiger partial charge >= 0.3 is 5.97 Å². The summed E-state index contributed by atoms with van der Waals surface area (Å²) in [6.45, 7) is 2.26. The molecule has 0 aliphatic heterocycles. The Morgan fingerprint density at radius 2 is 2.14 bits per heavy atom. The summed E-state index contributed by atoms with van der Waals surface area (Å²) in [6.07, 6.45) is 3.94. The van der Waals surface area contributed by atoms with Crippen LogP contribution in [0.3, 0.4) is 0 Å². The summed E-state index contributed by atoms with van der Waals surface area (Å²) >= 11 is 0. The monoisotopic (exact) mass is 196 g/mol. The van der Waals surface area contributed by atoms with E-state index in [0.29, 0.717) is 18.9 Å². The number of esters is 1. The molecule has 3 heteroatoms. The summed E-state index contributed by atoms with van der Waals surface area (Å²) in [7, 11) is 0. The predicted molar refractivity (Wildman–Crippen MR) is 52.4 cm³/mol. The molecule has 78 valence electrons. The average molecular weight is 196 g/mol. The molecule has 0 N–H and O–H groups in total. The van der Waals surface area contributed by atoms with E-state index in [4.69, 9.17) is 4.74 Å². The lowest BCUT2D eigenvalue weighted by atomic mass is 9.84. The van der Waals surface area contributed by atoms with E-state index < -0.39 is 0 Å². The van der Waals surface area contributed by atoms with E-state index in [2.05, 4.69) is 0 Å². The van der Waals surface area contributed by atoms with Crippen molar-refractivity contribution < 1.29 is 14.3 Å². The zero-order valence-electron chi connectivity index (χ0n) is 8.54. The van der Waals surface area contributed by atoms with Gasteiger partial charge in [-0.1, -0.05) is 0 Å². The van der Waals surface area contributed by atoms with Crippen molar-refractivity contribution in [3.63, 3.8) is 0 Å². The van der Waals surface area contributed by atoms with E-state index in [1.807, 2.05) is 12.9 Å². The van der Waals surface area contributed by atoms with E-state index in [9.17, 15) is 9.59 Å². The number of ether oxygens (including phenoxy) is 1. The highest BCUT2D eigenvalue weighted by Gasteiger charge is 2.20. The molecule has 1 saturated carbocycles. The predicted octanol–water partition coefficient (Wildman–Crippen LogP) is 1.89. The zero-order chi connectivity index (χ0) is 10.4. The van der Waals surface area contributed by atoms with Crippen molar-refractivity contribution in [2.24, 2.45) is 5.92 Å². The second-order valence-corrected chi connectivity index (χ2v) is 3.66. The fraction of sp³-hybridized carbons (Fsp3) is 0.727. The van der Waals surface area contributed by atoms with Crippen LogP contribution in [0.25, 0.3) is 0 Å². The third kappa shape index (κ3) is 3.35. The lowest BCUT2D eigenvalue weighted by Gasteiger charge is -2.20. The van der Waals surface area contributed by atoms with Gasteiger partial charge in [0.25, 0.3) is 0 Å². The number of allylic oxidation sites excluding steroid dienone is 1. The summed E-state index contributed by atoms with van der Waals surface area (Å²) in [6, 6.07) is 0. The van der Waals surface area contributed by atoms with E-state index in [-0.39, 0.29) is 5.97 Å². The molecular weight excluding hydrogens is 180 g/mol. The molecule has 0 aromatic heterocycles. The normalized spacial score (nSPS) is 21.5. The molecule has 1 rings (SSSR count). The highest BCUT2D eigenvalue weighted by molar-refractivity contribution is 5.69. The summed E-state index contributed by atoms with van der Waals surface area (Å²) < 4.78 is 4.87. The van der Waals surface area contributed by atoms with Crippen molar-refractivity contribution in [3.8, 4) is 0 Å². The molecule has 0 saturated heterocycles. The largest absolute Gasteiger partial charge is 0.466 e. The lowest BCUT2D eigenvalue weighted by Crippen LogP contribution is -2.15. The first-order valence-electron chi connectivity index (χ1n) is 5.14. The Hall–Kier alpha value is -1.08. The molecular formula is C11H16O3. The van der Waals surface area contributed by atoms with Crippen LogP contribution in [-0.4, -0.2) is 18.5 Å². The van der Waals surface area contributed by atoms with Gasteiger partial charge in [-0.25, -0.2) is 4.79 Å². The van der Waals surface area contributed by atoms with E-state index in [1.165, 1.54) is 0 Å². The molecule has 3 nitrogen and oxygen atoms in total. The molecule has 1 fully saturated rings. The van der Waals surface area contributed by atoms with Gasteiger partial charge in [0, 0.05) is 12.0 Å². The van der Waals surface area contributed by atoms with E-state index >= 15 is 0 Å². The summed E-state index contributed by atoms with van der Waals surface area (Å²) in [5.74, 6) is 2.23. The van der Waals surface area contributed by atoms with Gasteiger partial charge in [0.2, 0.25) is 0 Å². The minimum absolute atomic E-state index is 0.115. The molecule has 0 spiro atoms. The third-order valence-electron chi connectivity index (χ3n) is 2.61. The minimum atomic E-state index is -0.115. The quantitative estimate of drug-likeness (QED) is 0.511. The second kappa shape index (κ2) is 5.61. The van der Waals surface area contributed by atoms with Crippen LogP contribution in [0.4, 0.5) is 0 Å². The van der Waals surface area contributed by atoms with E-state index in [0.717, 1.165) is 31.3 Å². The Balaban J connectivity index is 2.28. The first kappa shape index (κ1) is 11.0. The molecule has 0 bridgehead atoms. The molecule has 14 heavy (non-hydrogen) atoms. The molecule has 1 aliphatic carbocycles. The maximum Gasteiger partial charge on any atom is 0.306 e. The highest BCUT2D eigenvalue weighted by atomic mass is 16.5. The molecule has 1 aliphatic rings. The van der Waals surface area contributed by atoms with Gasteiger partial charge in [0.15, 0.2) is 0 Å². The van der Waals surface area contributed by atoms with Crippen molar-refractivity contribution in [1.82, 2.24) is 0 Å². The Bertz CT molecular complexity index is 241. The van der Waals surface area contributed by atoms with Crippen molar-refractivity contribution in [1.29, 1.82) is 0 Å². The maximum absolute atomic E-state index is 11.2. The SMILES string of the molecule is CCOC(=O)CC1CCC(=C=O)CC1. The van der Waals surface area contributed by atoms with Gasteiger partial charge < -0.3 is 4.74 Å². The van der Waals surface area contributed by atoms with Gasteiger partial charge in [-0.15, -0.1) is 0 Å². The number of hydrogen-bond acceptors (Lipinski definition) is 3. The Morgan fingerprint density at radius 1 is 1.50 bits per heavy atom. The number of carbonyl (C=O) groups is 1. The fourth-order valence-electron chi connectivity index (χ4n) is 1.79. The van der Waals surface area contributed by atoms with Crippen LogP contribution < -0.4 is 0 Å². The summed E-state index contributed by atoms with van der Waals surface area (Å²) in [4.78, 5) is 21.5. The fourth-order valence-corrected chi connectivity index (χ4v) is 1.79. The van der Waals surface area contributed by atoms with Crippen molar-refractivity contribution >= 4 is 11.9 Å². The minimum Gasteiger partial charge on any atom is -0.466 e. The third-order valence-corrected chi connectivity index (χ3v) is 2.61. The molecule has 0 heterocycles. The zero-order valence-corrected chi connectivity index (χ0v) is 8.54.